The predicted molar refractivity (Wildman–Crippen MR) is 124 cm³/mol. The molecule has 0 heterocycles. The monoisotopic (exact) mass is 442 g/mol. The van der Waals surface area contributed by atoms with Crippen LogP contribution in [0.2, 0.25) is 0 Å². The van der Waals surface area contributed by atoms with Crippen molar-refractivity contribution in [2.75, 3.05) is 20.8 Å². The number of methoxy groups -OCH3 is 2. The topological polar surface area (TPSA) is 88.1 Å². The van der Waals surface area contributed by atoms with Gasteiger partial charge in [-0.15, -0.1) is 0 Å². The fourth-order valence-electron chi connectivity index (χ4n) is 3.56. The number of carbonyl (C=O) groups is 2. The fraction of sp³-hybridized carbons (Fsp3) is 0.440. The Hall–Kier alpha value is -3.22. The molecule has 0 aliphatic rings. The molecule has 2 N–H and O–H groups in total. The Labute approximate surface area is 190 Å². The molecule has 0 saturated carbocycles. The molecule has 0 aliphatic heterocycles. The first kappa shape index (κ1) is 25.0. The first-order valence-electron chi connectivity index (χ1n) is 10.9. The molecule has 2 aromatic rings. The third-order valence-corrected chi connectivity index (χ3v) is 5.46. The molecule has 0 aliphatic carbocycles. The third-order valence-electron chi connectivity index (χ3n) is 5.46. The van der Waals surface area contributed by atoms with Crippen LogP contribution in [0.1, 0.15) is 42.9 Å². The lowest BCUT2D eigenvalue weighted by atomic mass is 10.1. The first-order valence-corrected chi connectivity index (χ1v) is 10.9. The highest BCUT2D eigenvalue weighted by Gasteiger charge is 2.22. The summed E-state index contributed by atoms with van der Waals surface area (Å²) >= 11 is 0. The Morgan fingerprint density at radius 1 is 1.03 bits per heavy atom. The highest BCUT2D eigenvalue weighted by molar-refractivity contribution is 5.82. The van der Waals surface area contributed by atoms with Gasteiger partial charge in [0.05, 0.1) is 14.2 Å². The zero-order valence-corrected chi connectivity index (χ0v) is 19.4. The SMILES string of the molecule is CC[C@@H](NC(=O)N(CCCCc1ccccc1)Cc1cc(OC)c(C)c(OC)c1)C(=O)O. The van der Waals surface area contributed by atoms with Crippen molar-refractivity contribution >= 4 is 12.0 Å². The fourth-order valence-corrected chi connectivity index (χ4v) is 3.56. The quantitative estimate of drug-likeness (QED) is 0.476. The Morgan fingerprint density at radius 2 is 1.66 bits per heavy atom. The standard InChI is InChI=1S/C25H34N2O5/c1-5-21(24(28)29)26-25(30)27(14-10-9-13-19-11-7-6-8-12-19)17-20-15-22(31-3)18(2)23(16-20)32-4/h6-8,11-12,15-16,21H,5,9-10,13-14,17H2,1-4H3,(H,26,30)(H,28,29)/t21-/m1/s1. The summed E-state index contributed by atoms with van der Waals surface area (Å²) in [5.74, 6) is 0.324. The van der Waals surface area contributed by atoms with Gasteiger partial charge in [0.1, 0.15) is 17.5 Å². The van der Waals surface area contributed by atoms with Crippen LogP contribution in [0.4, 0.5) is 4.79 Å². The minimum Gasteiger partial charge on any atom is -0.496 e. The van der Waals surface area contributed by atoms with Gasteiger partial charge < -0.3 is 24.8 Å². The number of aliphatic carboxylic acids is 1. The lowest BCUT2D eigenvalue weighted by Crippen LogP contribution is -2.47. The number of carboxylic acids is 1. The molecule has 174 valence electrons. The average Bonchev–Trinajstić information content (AvgIpc) is 2.80. The van der Waals surface area contributed by atoms with E-state index in [1.165, 1.54) is 5.56 Å². The van der Waals surface area contributed by atoms with E-state index < -0.39 is 18.0 Å². The molecule has 2 aromatic carbocycles. The Balaban J connectivity index is 2.13. The molecule has 7 nitrogen and oxygen atoms in total. The van der Waals surface area contributed by atoms with E-state index in [1.807, 2.05) is 37.3 Å². The van der Waals surface area contributed by atoms with E-state index in [-0.39, 0.29) is 0 Å². The number of aryl methyl sites for hydroxylation is 1. The van der Waals surface area contributed by atoms with Crippen LogP contribution >= 0.6 is 0 Å². The van der Waals surface area contributed by atoms with E-state index in [0.717, 1.165) is 30.4 Å². The van der Waals surface area contributed by atoms with Crippen LogP contribution in [0.25, 0.3) is 0 Å². The highest BCUT2D eigenvalue weighted by Crippen LogP contribution is 2.30. The van der Waals surface area contributed by atoms with Crippen molar-refractivity contribution < 1.29 is 24.2 Å². The van der Waals surface area contributed by atoms with Gasteiger partial charge in [-0.05, 0) is 55.9 Å². The second-order valence-electron chi connectivity index (χ2n) is 7.74. The molecule has 0 saturated heterocycles. The number of hydrogen-bond donors (Lipinski definition) is 2. The van der Waals surface area contributed by atoms with E-state index in [9.17, 15) is 14.7 Å². The number of unbranched alkanes of at least 4 members (excludes halogenated alkanes) is 1. The van der Waals surface area contributed by atoms with E-state index in [2.05, 4.69) is 17.4 Å². The molecule has 0 bridgehead atoms. The average molecular weight is 443 g/mol. The normalized spacial score (nSPS) is 11.5. The molecule has 0 fully saturated rings. The second kappa shape index (κ2) is 12.6. The second-order valence-corrected chi connectivity index (χ2v) is 7.74. The molecular weight excluding hydrogens is 408 g/mol. The van der Waals surface area contributed by atoms with Crippen LogP contribution in [-0.2, 0) is 17.8 Å². The van der Waals surface area contributed by atoms with Gasteiger partial charge >= 0.3 is 12.0 Å². The summed E-state index contributed by atoms with van der Waals surface area (Å²) in [6.07, 6.45) is 2.96. The maximum absolute atomic E-state index is 13.0. The van der Waals surface area contributed by atoms with Crippen molar-refractivity contribution in [3.63, 3.8) is 0 Å². The van der Waals surface area contributed by atoms with E-state index in [0.29, 0.717) is 31.0 Å². The molecule has 0 spiro atoms. The van der Waals surface area contributed by atoms with Gasteiger partial charge in [-0.2, -0.15) is 0 Å². The summed E-state index contributed by atoms with van der Waals surface area (Å²) in [7, 11) is 3.19. The van der Waals surface area contributed by atoms with Gasteiger partial charge in [-0.3, -0.25) is 0 Å². The van der Waals surface area contributed by atoms with E-state index in [1.54, 1.807) is 26.0 Å². The summed E-state index contributed by atoms with van der Waals surface area (Å²) < 4.78 is 10.9. The van der Waals surface area contributed by atoms with Crippen LogP contribution in [-0.4, -0.2) is 48.8 Å². The minimum atomic E-state index is -1.04. The smallest absolute Gasteiger partial charge is 0.326 e. The molecule has 2 amide bonds. The van der Waals surface area contributed by atoms with E-state index >= 15 is 0 Å². The summed E-state index contributed by atoms with van der Waals surface area (Å²) in [6.45, 7) is 4.47. The van der Waals surface area contributed by atoms with Crippen LogP contribution in [0.15, 0.2) is 42.5 Å². The zero-order valence-electron chi connectivity index (χ0n) is 19.4. The molecule has 1 atom stereocenters. The Morgan fingerprint density at radius 3 is 2.19 bits per heavy atom. The van der Waals surface area contributed by atoms with Crippen molar-refractivity contribution in [1.82, 2.24) is 10.2 Å². The van der Waals surface area contributed by atoms with Crippen molar-refractivity contribution in [1.29, 1.82) is 0 Å². The van der Waals surface area contributed by atoms with Crippen molar-refractivity contribution in [3.8, 4) is 11.5 Å². The zero-order chi connectivity index (χ0) is 23.5. The number of urea groups is 1. The number of ether oxygens (including phenoxy) is 2. The number of hydrogen-bond acceptors (Lipinski definition) is 4. The van der Waals surface area contributed by atoms with Crippen molar-refractivity contribution in [2.24, 2.45) is 0 Å². The van der Waals surface area contributed by atoms with Gasteiger partial charge in [-0.25, -0.2) is 9.59 Å². The summed E-state index contributed by atoms with van der Waals surface area (Å²) in [5, 5.41) is 12.0. The van der Waals surface area contributed by atoms with Gasteiger partial charge in [-0.1, -0.05) is 37.3 Å². The van der Waals surface area contributed by atoms with Crippen LogP contribution in [0.3, 0.4) is 0 Å². The molecule has 7 heteroatoms. The van der Waals surface area contributed by atoms with E-state index in [4.69, 9.17) is 9.47 Å². The lowest BCUT2D eigenvalue weighted by Gasteiger charge is -2.26. The van der Waals surface area contributed by atoms with Crippen molar-refractivity contribution in [2.45, 2.75) is 52.1 Å². The number of rotatable bonds is 12. The highest BCUT2D eigenvalue weighted by atomic mass is 16.5. The number of nitrogens with zero attached hydrogens (tertiary/aromatic N) is 1. The molecule has 2 rings (SSSR count). The van der Waals surface area contributed by atoms with Gasteiger partial charge in [0.15, 0.2) is 0 Å². The van der Waals surface area contributed by atoms with Crippen molar-refractivity contribution in [3.05, 3.63) is 59.2 Å². The Kier molecular flexibility index (Phi) is 9.85. The van der Waals surface area contributed by atoms with Crippen LogP contribution in [0.5, 0.6) is 11.5 Å². The maximum atomic E-state index is 13.0. The third kappa shape index (κ3) is 7.18. The summed E-state index contributed by atoms with van der Waals surface area (Å²) in [4.78, 5) is 26.0. The number of carboxylic acid groups (broad SMARTS) is 1. The molecule has 0 aromatic heterocycles. The molecule has 0 unspecified atom stereocenters. The summed E-state index contributed by atoms with van der Waals surface area (Å²) in [6, 6.07) is 12.7. The molecule has 32 heavy (non-hydrogen) atoms. The van der Waals surface area contributed by atoms with Gasteiger partial charge in [0.2, 0.25) is 0 Å². The van der Waals surface area contributed by atoms with Gasteiger partial charge in [0, 0.05) is 18.7 Å². The Bertz CT molecular complexity index is 860. The minimum absolute atomic E-state index is 0.315. The van der Waals surface area contributed by atoms with Crippen LogP contribution < -0.4 is 14.8 Å². The molecule has 0 radical (unpaired) electrons. The number of benzene rings is 2. The van der Waals surface area contributed by atoms with Crippen LogP contribution in [0, 0.1) is 6.92 Å². The summed E-state index contributed by atoms with van der Waals surface area (Å²) in [5.41, 5.74) is 2.99. The van der Waals surface area contributed by atoms with Gasteiger partial charge in [0.25, 0.3) is 0 Å². The predicted octanol–water partition coefficient (Wildman–Crippen LogP) is 4.41. The lowest BCUT2D eigenvalue weighted by molar-refractivity contribution is -0.139. The number of amides is 2. The first-order chi connectivity index (χ1) is 15.4. The number of nitrogens with one attached hydrogen (secondary N) is 1. The largest absolute Gasteiger partial charge is 0.496 e. The maximum Gasteiger partial charge on any atom is 0.326 e. The number of carbonyl (C=O) groups excluding carboxylic acids is 1. The molecular formula is C25H34N2O5.